The topological polar surface area (TPSA) is 6.48 Å². The highest BCUT2D eigenvalue weighted by Crippen LogP contribution is 1.98. The fraction of sp³-hybridized carbons (Fsp3) is 1.00. The minimum atomic E-state index is 0.885. The SMILES string of the molecule is [B]N1CCCCN([B])CC1. The molecule has 0 amide bonds. The van der Waals surface area contributed by atoms with Crippen LogP contribution in [0.25, 0.3) is 0 Å². The maximum atomic E-state index is 5.62. The van der Waals surface area contributed by atoms with Crippen LogP contribution in [-0.4, -0.2) is 51.8 Å². The minimum Gasteiger partial charge on any atom is -0.352 e. The molecule has 4 heteroatoms. The number of hydrogen-bond donors (Lipinski definition) is 0. The highest BCUT2D eigenvalue weighted by molar-refractivity contribution is 6.05. The molecule has 0 spiro atoms. The first kappa shape index (κ1) is 8.15. The maximum Gasteiger partial charge on any atom is 0.182 e. The molecular weight excluding hydrogens is 122 g/mol. The summed E-state index contributed by atoms with van der Waals surface area (Å²) < 4.78 is 0. The predicted octanol–water partition coefficient (Wildman–Crippen LogP) is -0.449. The lowest BCUT2D eigenvalue weighted by Gasteiger charge is -2.26. The lowest BCUT2D eigenvalue weighted by Crippen LogP contribution is -2.36. The Kier molecular flexibility index (Phi) is 3.29. The van der Waals surface area contributed by atoms with E-state index >= 15 is 0 Å². The molecule has 1 fully saturated rings. The van der Waals surface area contributed by atoms with Crippen LogP contribution in [0.1, 0.15) is 12.8 Å². The third-order valence-corrected chi connectivity index (χ3v) is 1.82. The van der Waals surface area contributed by atoms with E-state index in [1.165, 1.54) is 0 Å². The summed E-state index contributed by atoms with van der Waals surface area (Å²) in [6.07, 6.45) is 2.31. The minimum absolute atomic E-state index is 0.885. The lowest BCUT2D eigenvalue weighted by molar-refractivity contribution is 0.324. The monoisotopic (exact) mass is 134 g/mol. The van der Waals surface area contributed by atoms with E-state index in [1.54, 1.807) is 0 Å². The van der Waals surface area contributed by atoms with Crippen LogP contribution in [0.4, 0.5) is 0 Å². The van der Waals surface area contributed by atoms with E-state index in [0.717, 1.165) is 39.0 Å². The van der Waals surface area contributed by atoms with Crippen molar-refractivity contribution >= 4 is 16.0 Å². The molecule has 1 aliphatic rings. The maximum absolute atomic E-state index is 5.62. The van der Waals surface area contributed by atoms with E-state index in [2.05, 4.69) is 0 Å². The molecule has 0 aromatic heterocycles. The van der Waals surface area contributed by atoms with Gasteiger partial charge in [-0.25, -0.2) is 0 Å². The molecule has 52 valence electrons. The van der Waals surface area contributed by atoms with Gasteiger partial charge in [0.05, 0.1) is 0 Å². The first-order valence-electron chi connectivity index (χ1n) is 3.78. The summed E-state index contributed by atoms with van der Waals surface area (Å²) in [6.45, 7) is 3.79. The molecule has 1 aliphatic heterocycles. The van der Waals surface area contributed by atoms with Gasteiger partial charge in [0.1, 0.15) is 0 Å². The van der Waals surface area contributed by atoms with Crippen molar-refractivity contribution in [1.29, 1.82) is 0 Å². The van der Waals surface area contributed by atoms with Gasteiger partial charge in [-0.3, -0.25) is 0 Å². The molecule has 0 saturated carbocycles. The Morgan fingerprint density at radius 3 is 1.50 bits per heavy atom. The molecule has 0 aromatic carbocycles. The van der Waals surface area contributed by atoms with E-state index in [1.807, 2.05) is 9.62 Å². The molecular formula is C6H12B2N2. The molecule has 0 aromatic rings. The summed E-state index contributed by atoms with van der Waals surface area (Å²) in [7, 11) is 11.2. The van der Waals surface area contributed by atoms with Crippen LogP contribution in [-0.2, 0) is 0 Å². The Bertz CT molecular complexity index is 87.7. The molecule has 4 radical (unpaired) electrons. The van der Waals surface area contributed by atoms with Crippen molar-refractivity contribution in [1.82, 2.24) is 9.62 Å². The number of nitrogens with zero attached hydrogens (tertiary/aromatic N) is 2. The number of hydrogen-bond acceptors (Lipinski definition) is 2. The van der Waals surface area contributed by atoms with Crippen LogP contribution >= 0.6 is 0 Å². The molecule has 10 heavy (non-hydrogen) atoms. The quantitative estimate of drug-likeness (QED) is 0.414. The zero-order valence-electron chi connectivity index (χ0n) is 6.29. The van der Waals surface area contributed by atoms with Crippen LogP contribution in [0.3, 0.4) is 0 Å². The second-order valence-electron chi connectivity index (χ2n) is 2.78. The summed E-state index contributed by atoms with van der Waals surface area (Å²) >= 11 is 0. The molecule has 0 atom stereocenters. The molecule has 1 heterocycles. The van der Waals surface area contributed by atoms with E-state index in [-0.39, 0.29) is 0 Å². The van der Waals surface area contributed by atoms with Gasteiger partial charge < -0.3 is 9.62 Å². The van der Waals surface area contributed by atoms with Gasteiger partial charge in [-0.1, -0.05) is 0 Å². The van der Waals surface area contributed by atoms with Gasteiger partial charge in [-0.05, 0) is 39.0 Å². The van der Waals surface area contributed by atoms with E-state index in [9.17, 15) is 0 Å². The average Bonchev–Trinajstić information content (AvgIpc) is 1.90. The standard InChI is InChI=1S/C6H12B2N2/c7-9-3-1-2-4-10(8)6-5-9/h1-6H2. The van der Waals surface area contributed by atoms with Gasteiger partial charge in [0.25, 0.3) is 0 Å². The third kappa shape index (κ3) is 2.76. The summed E-state index contributed by atoms with van der Waals surface area (Å²) in [5.41, 5.74) is 0. The van der Waals surface area contributed by atoms with E-state index in [4.69, 9.17) is 16.0 Å². The summed E-state index contributed by atoms with van der Waals surface area (Å²) in [6, 6.07) is 0. The highest BCUT2D eigenvalue weighted by Gasteiger charge is 2.04. The van der Waals surface area contributed by atoms with Crippen molar-refractivity contribution in [2.75, 3.05) is 26.2 Å². The van der Waals surface area contributed by atoms with Gasteiger partial charge in [0, 0.05) is 0 Å². The molecule has 0 unspecified atom stereocenters. The Morgan fingerprint density at radius 1 is 0.700 bits per heavy atom. The van der Waals surface area contributed by atoms with Crippen molar-refractivity contribution in [2.24, 2.45) is 0 Å². The zero-order chi connectivity index (χ0) is 7.40. The van der Waals surface area contributed by atoms with Gasteiger partial charge in [-0.15, -0.1) is 0 Å². The summed E-state index contributed by atoms with van der Waals surface area (Å²) in [4.78, 5) is 3.66. The van der Waals surface area contributed by atoms with Crippen molar-refractivity contribution in [3.63, 3.8) is 0 Å². The van der Waals surface area contributed by atoms with Crippen LogP contribution < -0.4 is 0 Å². The van der Waals surface area contributed by atoms with Crippen molar-refractivity contribution in [2.45, 2.75) is 12.8 Å². The third-order valence-electron chi connectivity index (χ3n) is 1.82. The smallest absolute Gasteiger partial charge is 0.182 e. The molecule has 0 aliphatic carbocycles. The first-order valence-corrected chi connectivity index (χ1v) is 3.78. The summed E-state index contributed by atoms with van der Waals surface area (Å²) in [5.74, 6) is 0. The molecule has 1 saturated heterocycles. The van der Waals surface area contributed by atoms with Crippen molar-refractivity contribution < 1.29 is 0 Å². The second kappa shape index (κ2) is 4.04. The average molecular weight is 134 g/mol. The Balaban J connectivity index is 2.23. The van der Waals surface area contributed by atoms with Crippen LogP contribution in [0.15, 0.2) is 0 Å². The fourth-order valence-electron chi connectivity index (χ4n) is 1.11. The molecule has 0 bridgehead atoms. The van der Waals surface area contributed by atoms with Crippen LogP contribution in [0.5, 0.6) is 0 Å². The zero-order valence-corrected chi connectivity index (χ0v) is 6.29. The first-order chi connectivity index (χ1) is 4.79. The second-order valence-corrected chi connectivity index (χ2v) is 2.78. The molecule has 1 rings (SSSR count). The Morgan fingerprint density at radius 2 is 1.10 bits per heavy atom. The van der Waals surface area contributed by atoms with Crippen molar-refractivity contribution in [3.05, 3.63) is 0 Å². The predicted molar refractivity (Wildman–Crippen MR) is 43.9 cm³/mol. The van der Waals surface area contributed by atoms with E-state index in [0.29, 0.717) is 0 Å². The fourth-order valence-corrected chi connectivity index (χ4v) is 1.11. The van der Waals surface area contributed by atoms with E-state index < -0.39 is 0 Å². The van der Waals surface area contributed by atoms with Crippen molar-refractivity contribution in [3.8, 4) is 0 Å². The summed E-state index contributed by atoms with van der Waals surface area (Å²) in [5, 5.41) is 0. The van der Waals surface area contributed by atoms with Crippen LogP contribution in [0.2, 0.25) is 0 Å². The van der Waals surface area contributed by atoms with Gasteiger partial charge >= 0.3 is 0 Å². The normalized spacial score (nSPS) is 25.6. The lowest BCUT2D eigenvalue weighted by atomic mass is 10.1. The molecule has 0 N–H and O–H groups in total. The Hall–Kier alpha value is 0.0499. The number of rotatable bonds is 0. The largest absolute Gasteiger partial charge is 0.352 e. The van der Waals surface area contributed by atoms with Crippen LogP contribution in [0, 0.1) is 0 Å². The highest BCUT2D eigenvalue weighted by atomic mass is 15.1. The van der Waals surface area contributed by atoms with Gasteiger partial charge in [-0.2, -0.15) is 0 Å². The van der Waals surface area contributed by atoms with Gasteiger partial charge in [0.2, 0.25) is 0 Å². The van der Waals surface area contributed by atoms with Gasteiger partial charge in [0.15, 0.2) is 16.0 Å². The molecule has 2 nitrogen and oxygen atoms in total. The Labute approximate surface area is 65.4 Å².